The summed E-state index contributed by atoms with van der Waals surface area (Å²) in [4.78, 5) is 11.3. The molecule has 0 bridgehead atoms. The Bertz CT molecular complexity index is 711. The first-order chi connectivity index (χ1) is 12.5. The van der Waals surface area contributed by atoms with Gasteiger partial charge in [-0.15, -0.1) is 0 Å². The minimum absolute atomic E-state index is 0.0111. The molecule has 26 heavy (non-hydrogen) atoms. The van der Waals surface area contributed by atoms with E-state index in [1.807, 2.05) is 6.07 Å². The monoisotopic (exact) mass is 362 g/mol. The number of nitrogens with one attached hydrogen (secondary N) is 2. The number of carboxylic acids is 1. The number of carboxylic acid groups (broad SMARTS) is 1. The molecule has 1 saturated carbocycles. The third-order valence-corrected chi connectivity index (χ3v) is 6.36. The summed E-state index contributed by atoms with van der Waals surface area (Å²) in [6.45, 7) is 1.17. The van der Waals surface area contributed by atoms with Gasteiger partial charge in [-0.2, -0.15) is 0 Å². The van der Waals surface area contributed by atoms with Gasteiger partial charge in [0.05, 0.1) is 20.8 Å². The molecule has 0 radical (unpaired) electrons. The maximum Gasteiger partial charge on any atom is 0.323 e. The molecule has 1 spiro atoms. The molecule has 4 unspecified atom stereocenters. The smallest absolute Gasteiger partial charge is 0.323 e. The van der Waals surface area contributed by atoms with Crippen molar-refractivity contribution in [2.75, 3.05) is 27.4 Å². The predicted octanol–water partition coefficient (Wildman–Crippen LogP) is 1.26. The molecule has 0 amide bonds. The summed E-state index contributed by atoms with van der Waals surface area (Å²) in [5, 5.41) is 16.1. The normalized spacial score (nSPS) is 36.1. The van der Waals surface area contributed by atoms with E-state index in [9.17, 15) is 9.90 Å². The fourth-order valence-electron chi connectivity index (χ4n) is 4.94. The van der Waals surface area contributed by atoms with E-state index in [-0.39, 0.29) is 18.1 Å². The molecule has 7 nitrogen and oxygen atoms in total. The summed E-state index contributed by atoms with van der Waals surface area (Å²) >= 11 is 0. The van der Waals surface area contributed by atoms with E-state index in [1.165, 1.54) is 5.56 Å². The van der Waals surface area contributed by atoms with E-state index in [4.69, 9.17) is 14.2 Å². The van der Waals surface area contributed by atoms with Crippen molar-refractivity contribution >= 4 is 5.97 Å². The lowest BCUT2D eigenvalue weighted by atomic mass is 9.64. The molecule has 0 aromatic heterocycles. The summed E-state index contributed by atoms with van der Waals surface area (Å²) in [7, 11) is 3.30. The summed E-state index contributed by atoms with van der Waals surface area (Å²) in [6, 6.07) is 5.79. The molecule has 1 aromatic rings. The summed E-state index contributed by atoms with van der Waals surface area (Å²) in [5.41, 5.74) is 0.718. The van der Waals surface area contributed by atoms with Crippen molar-refractivity contribution in [1.29, 1.82) is 0 Å². The summed E-state index contributed by atoms with van der Waals surface area (Å²) < 4.78 is 16.8. The number of carbonyl (C=O) groups is 1. The van der Waals surface area contributed by atoms with Crippen LogP contribution in [0.5, 0.6) is 11.5 Å². The molecule has 142 valence electrons. The van der Waals surface area contributed by atoms with Gasteiger partial charge < -0.3 is 24.6 Å². The van der Waals surface area contributed by atoms with E-state index >= 15 is 0 Å². The van der Waals surface area contributed by atoms with Crippen molar-refractivity contribution in [3.05, 3.63) is 23.8 Å². The van der Waals surface area contributed by atoms with Crippen LogP contribution in [0.2, 0.25) is 0 Å². The minimum atomic E-state index is -0.849. The Hall–Kier alpha value is -1.83. The standard InChI is InChI=1S/C19H26N2O5/c1-24-14-4-3-12(9-15(14)25-2)18-5-6-19(10-16(18)20-8-7-18)21-13(11-26-19)17(22)23/h3-4,9,13,16,20-21H,5-8,10-11H2,1-2H3,(H,22,23). The lowest BCUT2D eigenvalue weighted by molar-refractivity contribution is -0.139. The van der Waals surface area contributed by atoms with Crippen molar-refractivity contribution in [2.24, 2.45) is 0 Å². The first kappa shape index (κ1) is 17.6. The van der Waals surface area contributed by atoms with E-state index in [0.29, 0.717) is 0 Å². The zero-order valence-electron chi connectivity index (χ0n) is 15.2. The van der Waals surface area contributed by atoms with Gasteiger partial charge in [0.2, 0.25) is 0 Å². The Balaban J connectivity index is 1.61. The van der Waals surface area contributed by atoms with Gasteiger partial charge in [0.25, 0.3) is 0 Å². The van der Waals surface area contributed by atoms with E-state index in [2.05, 4.69) is 22.8 Å². The predicted molar refractivity (Wildman–Crippen MR) is 94.7 cm³/mol. The molecule has 3 aliphatic rings. The van der Waals surface area contributed by atoms with E-state index in [1.54, 1.807) is 14.2 Å². The fraction of sp³-hybridized carbons (Fsp3) is 0.632. The number of ether oxygens (including phenoxy) is 3. The van der Waals surface area contributed by atoms with Crippen LogP contribution >= 0.6 is 0 Å². The Morgan fingerprint density at radius 1 is 1.23 bits per heavy atom. The lowest BCUT2D eigenvalue weighted by Gasteiger charge is -2.47. The molecule has 2 saturated heterocycles. The molecular weight excluding hydrogens is 336 g/mol. The van der Waals surface area contributed by atoms with Gasteiger partial charge in [-0.1, -0.05) is 6.07 Å². The Morgan fingerprint density at radius 2 is 2.04 bits per heavy atom. The highest BCUT2D eigenvalue weighted by atomic mass is 16.5. The quantitative estimate of drug-likeness (QED) is 0.743. The van der Waals surface area contributed by atoms with E-state index < -0.39 is 17.7 Å². The van der Waals surface area contributed by atoms with Crippen LogP contribution in [0.3, 0.4) is 0 Å². The van der Waals surface area contributed by atoms with Crippen molar-refractivity contribution in [1.82, 2.24) is 10.6 Å². The maximum absolute atomic E-state index is 11.3. The number of aliphatic carboxylic acids is 1. The Labute approximate surface area is 153 Å². The molecule has 3 fully saturated rings. The second-order valence-corrected chi connectivity index (χ2v) is 7.53. The van der Waals surface area contributed by atoms with Crippen LogP contribution in [0, 0.1) is 0 Å². The zero-order chi connectivity index (χ0) is 18.4. The molecule has 3 N–H and O–H groups in total. The molecule has 2 aliphatic heterocycles. The summed E-state index contributed by atoms with van der Waals surface area (Å²) in [6.07, 6.45) is 3.53. The molecule has 1 aromatic carbocycles. The molecular formula is C19H26N2O5. The second kappa shape index (κ2) is 6.40. The van der Waals surface area contributed by atoms with Crippen LogP contribution in [0.1, 0.15) is 31.2 Å². The van der Waals surface area contributed by atoms with Gasteiger partial charge in [0.15, 0.2) is 11.5 Å². The van der Waals surface area contributed by atoms with Crippen molar-refractivity contribution in [3.63, 3.8) is 0 Å². The Kier molecular flexibility index (Phi) is 4.33. The molecule has 4 rings (SSSR count). The molecule has 1 aliphatic carbocycles. The van der Waals surface area contributed by atoms with Crippen LogP contribution < -0.4 is 20.1 Å². The fourth-order valence-corrected chi connectivity index (χ4v) is 4.94. The van der Waals surface area contributed by atoms with Gasteiger partial charge in [0.1, 0.15) is 11.8 Å². The van der Waals surface area contributed by atoms with Crippen LogP contribution in [-0.4, -0.2) is 56.3 Å². The number of benzene rings is 1. The largest absolute Gasteiger partial charge is 0.493 e. The first-order valence-electron chi connectivity index (χ1n) is 9.12. The SMILES string of the molecule is COc1ccc(C23CCNC2CC2(CC3)NC(C(=O)O)CO2)cc1OC. The van der Waals surface area contributed by atoms with Crippen molar-refractivity contribution < 1.29 is 24.1 Å². The summed E-state index contributed by atoms with van der Waals surface area (Å²) in [5.74, 6) is 0.622. The molecule has 4 atom stereocenters. The number of rotatable bonds is 4. The number of methoxy groups -OCH3 is 2. The van der Waals surface area contributed by atoms with Crippen LogP contribution in [0.25, 0.3) is 0 Å². The van der Waals surface area contributed by atoms with Gasteiger partial charge in [-0.25, -0.2) is 0 Å². The number of hydrogen-bond donors (Lipinski definition) is 3. The van der Waals surface area contributed by atoms with Crippen LogP contribution in [0.15, 0.2) is 18.2 Å². The van der Waals surface area contributed by atoms with Crippen molar-refractivity contribution in [3.8, 4) is 11.5 Å². The van der Waals surface area contributed by atoms with E-state index in [0.717, 1.165) is 43.7 Å². The third-order valence-electron chi connectivity index (χ3n) is 6.36. The first-order valence-corrected chi connectivity index (χ1v) is 9.12. The maximum atomic E-state index is 11.3. The second-order valence-electron chi connectivity index (χ2n) is 7.53. The van der Waals surface area contributed by atoms with Gasteiger partial charge >= 0.3 is 5.97 Å². The highest BCUT2D eigenvalue weighted by molar-refractivity contribution is 5.74. The number of fused-ring (bicyclic) bond motifs is 1. The Morgan fingerprint density at radius 3 is 2.73 bits per heavy atom. The zero-order valence-corrected chi connectivity index (χ0v) is 15.2. The van der Waals surface area contributed by atoms with Crippen LogP contribution in [0.4, 0.5) is 0 Å². The van der Waals surface area contributed by atoms with Gasteiger partial charge in [-0.3, -0.25) is 10.1 Å². The highest BCUT2D eigenvalue weighted by Crippen LogP contribution is 2.50. The molecule has 2 heterocycles. The topological polar surface area (TPSA) is 89.1 Å². The minimum Gasteiger partial charge on any atom is -0.493 e. The third kappa shape index (κ3) is 2.66. The molecule has 7 heteroatoms. The highest BCUT2D eigenvalue weighted by Gasteiger charge is 2.55. The van der Waals surface area contributed by atoms with Crippen molar-refractivity contribution in [2.45, 2.75) is 48.9 Å². The lowest BCUT2D eigenvalue weighted by Crippen LogP contribution is -2.57. The average molecular weight is 362 g/mol. The van der Waals surface area contributed by atoms with Gasteiger partial charge in [-0.05, 0) is 43.5 Å². The van der Waals surface area contributed by atoms with Gasteiger partial charge in [0, 0.05) is 17.9 Å². The van der Waals surface area contributed by atoms with Crippen LogP contribution in [-0.2, 0) is 14.9 Å². The number of hydrogen-bond acceptors (Lipinski definition) is 6. The average Bonchev–Trinajstić information content (AvgIpc) is 3.26.